The zero-order valence-corrected chi connectivity index (χ0v) is 20.5. The zero-order chi connectivity index (χ0) is 25.9. The highest BCUT2D eigenvalue weighted by Crippen LogP contribution is 2.34. The van der Waals surface area contributed by atoms with Gasteiger partial charge in [-0.15, -0.1) is 0 Å². The van der Waals surface area contributed by atoms with Crippen LogP contribution in [0.4, 0.5) is 13.2 Å². The Hall–Kier alpha value is -3.92. The zero-order valence-electron chi connectivity index (χ0n) is 18.9. The van der Waals surface area contributed by atoms with Gasteiger partial charge in [0.15, 0.2) is 17.3 Å². The molecule has 4 rings (SSSR count). The highest BCUT2D eigenvalue weighted by Gasteiger charge is 2.31. The van der Waals surface area contributed by atoms with Crippen molar-refractivity contribution in [2.75, 3.05) is 13.7 Å². The van der Waals surface area contributed by atoms with Gasteiger partial charge in [0, 0.05) is 15.6 Å². The highest BCUT2D eigenvalue weighted by atomic mass is 79.9. The molecule has 4 aromatic rings. The molecular weight excluding hydrogens is 539 g/mol. The minimum atomic E-state index is -4.56. The normalized spacial score (nSPS) is 11.7. The van der Waals surface area contributed by atoms with Gasteiger partial charge in [0.25, 0.3) is 5.56 Å². The van der Waals surface area contributed by atoms with Crippen LogP contribution in [0.25, 0.3) is 22.3 Å². The van der Waals surface area contributed by atoms with E-state index in [1.54, 1.807) is 42.5 Å². The van der Waals surface area contributed by atoms with E-state index in [0.29, 0.717) is 27.1 Å². The van der Waals surface area contributed by atoms with Crippen LogP contribution in [0.1, 0.15) is 11.1 Å². The number of methoxy groups -OCH3 is 1. The maximum Gasteiger partial charge on any atom is 0.416 e. The third-order valence-corrected chi connectivity index (χ3v) is 5.84. The van der Waals surface area contributed by atoms with Gasteiger partial charge >= 0.3 is 6.18 Å². The van der Waals surface area contributed by atoms with Gasteiger partial charge in [0.1, 0.15) is 6.61 Å². The lowest BCUT2D eigenvalue weighted by Crippen LogP contribution is -2.20. The maximum absolute atomic E-state index is 13.4. The highest BCUT2D eigenvalue weighted by molar-refractivity contribution is 9.10. The van der Waals surface area contributed by atoms with Crippen molar-refractivity contribution >= 4 is 33.0 Å². The van der Waals surface area contributed by atoms with Crippen molar-refractivity contribution in [3.8, 4) is 22.9 Å². The summed E-state index contributed by atoms with van der Waals surface area (Å²) in [4.78, 5) is 17.8. The van der Waals surface area contributed by atoms with Crippen molar-refractivity contribution in [1.82, 2.24) is 9.66 Å². The first kappa shape index (κ1) is 25.2. The maximum atomic E-state index is 13.4. The van der Waals surface area contributed by atoms with Crippen molar-refractivity contribution in [3.63, 3.8) is 0 Å². The predicted octanol–water partition coefficient (Wildman–Crippen LogP) is 6.30. The van der Waals surface area contributed by atoms with E-state index < -0.39 is 17.3 Å². The number of nitrogens with zero attached hydrogens (tertiary/aromatic N) is 3. The molecule has 0 aliphatic carbocycles. The van der Waals surface area contributed by atoms with Gasteiger partial charge in [0.2, 0.25) is 0 Å². The summed E-state index contributed by atoms with van der Waals surface area (Å²) in [6.45, 7) is 3.89. The van der Waals surface area contributed by atoms with Crippen LogP contribution in [-0.2, 0) is 6.18 Å². The Morgan fingerprint density at radius 2 is 1.89 bits per heavy atom. The van der Waals surface area contributed by atoms with Crippen LogP contribution in [0.2, 0.25) is 0 Å². The third kappa shape index (κ3) is 5.18. The number of hydrogen-bond donors (Lipinski definition) is 0. The standard InChI is InChI=1S/C26H19BrF3N3O3/c1-3-11-36-23-14-20(27)17(13-22(23)35-2)15-31-33-24(16-7-6-8-18(12-16)26(28,29)30)32-21-10-5-4-9-19(21)25(33)34/h3-10,12-15H,1,11H2,2H3. The summed E-state index contributed by atoms with van der Waals surface area (Å²) in [5, 5.41) is 4.59. The lowest BCUT2D eigenvalue weighted by atomic mass is 10.1. The lowest BCUT2D eigenvalue weighted by molar-refractivity contribution is -0.137. The Balaban J connectivity index is 1.88. The monoisotopic (exact) mass is 557 g/mol. The number of fused-ring (bicyclic) bond motifs is 1. The number of benzene rings is 3. The fourth-order valence-electron chi connectivity index (χ4n) is 3.44. The second kappa shape index (κ2) is 10.4. The summed E-state index contributed by atoms with van der Waals surface area (Å²) in [7, 11) is 1.48. The molecule has 3 aromatic carbocycles. The number of rotatable bonds is 7. The van der Waals surface area contributed by atoms with E-state index in [-0.39, 0.29) is 23.4 Å². The van der Waals surface area contributed by atoms with Crippen LogP contribution in [-0.4, -0.2) is 29.6 Å². The van der Waals surface area contributed by atoms with E-state index in [2.05, 4.69) is 32.6 Å². The van der Waals surface area contributed by atoms with E-state index >= 15 is 0 Å². The number of alkyl halides is 3. The number of ether oxygens (including phenoxy) is 2. The first-order valence-electron chi connectivity index (χ1n) is 10.6. The van der Waals surface area contributed by atoms with E-state index in [9.17, 15) is 18.0 Å². The molecule has 0 radical (unpaired) electrons. The molecule has 184 valence electrons. The van der Waals surface area contributed by atoms with Gasteiger partial charge in [-0.25, -0.2) is 4.98 Å². The van der Waals surface area contributed by atoms with Gasteiger partial charge in [-0.2, -0.15) is 22.9 Å². The quantitative estimate of drug-likeness (QED) is 0.197. The summed E-state index contributed by atoms with van der Waals surface area (Å²) >= 11 is 3.45. The molecule has 0 spiro atoms. The Labute approximate surface area is 212 Å². The van der Waals surface area contributed by atoms with Crippen LogP contribution in [0.5, 0.6) is 11.5 Å². The molecule has 0 aliphatic rings. The summed E-state index contributed by atoms with van der Waals surface area (Å²) < 4.78 is 52.6. The SMILES string of the molecule is C=CCOc1cc(Br)c(C=Nn2c(-c3cccc(C(F)(F)F)c3)nc3ccccc3c2=O)cc1OC. The Kier molecular flexibility index (Phi) is 7.25. The second-order valence-corrected chi connectivity index (χ2v) is 8.37. The molecule has 0 amide bonds. The summed E-state index contributed by atoms with van der Waals surface area (Å²) in [5.41, 5.74) is -0.422. The summed E-state index contributed by atoms with van der Waals surface area (Å²) in [5.74, 6) is 0.856. The van der Waals surface area contributed by atoms with Crippen LogP contribution >= 0.6 is 15.9 Å². The molecule has 0 bridgehead atoms. The van der Waals surface area contributed by atoms with Crippen molar-refractivity contribution in [2.24, 2.45) is 5.10 Å². The van der Waals surface area contributed by atoms with Gasteiger partial charge < -0.3 is 9.47 Å². The number of hydrogen-bond acceptors (Lipinski definition) is 5. The molecule has 0 atom stereocenters. The summed E-state index contributed by atoms with van der Waals surface area (Å²) in [6.07, 6.45) is -1.58. The fraction of sp³-hybridized carbons (Fsp3) is 0.115. The number of aromatic nitrogens is 2. The predicted molar refractivity (Wildman–Crippen MR) is 136 cm³/mol. The molecule has 0 saturated carbocycles. The average molecular weight is 558 g/mol. The van der Waals surface area contributed by atoms with Gasteiger partial charge in [-0.1, -0.05) is 36.9 Å². The molecule has 6 nitrogen and oxygen atoms in total. The molecule has 1 heterocycles. The molecule has 36 heavy (non-hydrogen) atoms. The Morgan fingerprint density at radius 3 is 2.61 bits per heavy atom. The van der Waals surface area contributed by atoms with E-state index in [4.69, 9.17) is 9.47 Å². The molecule has 0 aliphatic heterocycles. The van der Waals surface area contributed by atoms with Crippen molar-refractivity contribution < 1.29 is 22.6 Å². The minimum absolute atomic E-state index is 0.0323. The second-order valence-electron chi connectivity index (χ2n) is 7.52. The van der Waals surface area contributed by atoms with E-state index in [1.165, 1.54) is 25.5 Å². The van der Waals surface area contributed by atoms with Gasteiger partial charge in [-0.05, 0) is 52.3 Å². The largest absolute Gasteiger partial charge is 0.493 e. The van der Waals surface area contributed by atoms with Crippen LogP contribution < -0.4 is 15.0 Å². The Bertz CT molecular complexity index is 1530. The minimum Gasteiger partial charge on any atom is -0.493 e. The third-order valence-electron chi connectivity index (χ3n) is 5.15. The van der Waals surface area contributed by atoms with Crippen molar-refractivity contribution in [1.29, 1.82) is 0 Å². The number of halogens is 4. The topological polar surface area (TPSA) is 65.7 Å². The molecule has 0 fully saturated rings. The molecule has 0 saturated heterocycles. The summed E-state index contributed by atoms with van der Waals surface area (Å²) in [6, 6.07) is 14.5. The van der Waals surface area contributed by atoms with E-state index in [1.807, 2.05) is 0 Å². The first-order valence-corrected chi connectivity index (χ1v) is 11.4. The molecule has 10 heteroatoms. The molecule has 0 N–H and O–H groups in total. The molecule has 0 unspecified atom stereocenters. The van der Waals surface area contributed by atoms with Crippen molar-refractivity contribution in [2.45, 2.75) is 6.18 Å². The average Bonchev–Trinajstić information content (AvgIpc) is 2.87. The van der Waals surface area contributed by atoms with Crippen LogP contribution in [0.15, 0.2) is 87.7 Å². The Morgan fingerprint density at radius 1 is 1.11 bits per heavy atom. The molecule has 1 aromatic heterocycles. The number of para-hydroxylation sites is 1. The fourth-order valence-corrected chi connectivity index (χ4v) is 3.87. The first-order chi connectivity index (χ1) is 17.2. The van der Waals surface area contributed by atoms with Crippen LogP contribution in [0, 0.1) is 0 Å². The van der Waals surface area contributed by atoms with Gasteiger partial charge in [0.05, 0.1) is 29.8 Å². The van der Waals surface area contributed by atoms with Crippen molar-refractivity contribution in [3.05, 3.63) is 99.3 Å². The van der Waals surface area contributed by atoms with E-state index in [0.717, 1.165) is 16.8 Å². The molecular formula is C26H19BrF3N3O3. The lowest BCUT2D eigenvalue weighted by Gasteiger charge is -2.13. The van der Waals surface area contributed by atoms with Crippen LogP contribution in [0.3, 0.4) is 0 Å². The smallest absolute Gasteiger partial charge is 0.416 e. The van der Waals surface area contributed by atoms with Gasteiger partial charge in [-0.3, -0.25) is 4.79 Å².